The maximum Gasteiger partial charge on any atom is 0.407 e. The highest BCUT2D eigenvalue weighted by atomic mass is 33.1. The number of nitrogens with zero attached hydrogens (tertiary/aromatic N) is 5. The molecule has 3 N–H and O–H groups in total. The van der Waals surface area contributed by atoms with Crippen LogP contribution in [-0.4, -0.2) is 81.0 Å². The molecule has 0 aromatic carbocycles. The molecule has 2 aromatic rings. The summed E-state index contributed by atoms with van der Waals surface area (Å²) < 4.78 is 6.52. The Morgan fingerprint density at radius 2 is 2.21 bits per heavy atom. The monoisotopic (exact) mass is 427 g/mol. The van der Waals surface area contributed by atoms with Crippen molar-refractivity contribution < 1.29 is 19.1 Å². The van der Waals surface area contributed by atoms with Crippen molar-refractivity contribution in [2.45, 2.75) is 6.54 Å². The molecule has 0 radical (unpaired) electrons. The molecule has 0 bridgehead atoms. The van der Waals surface area contributed by atoms with Gasteiger partial charge in [-0.25, -0.2) is 19.7 Å². The van der Waals surface area contributed by atoms with Gasteiger partial charge < -0.3 is 30.0 Å². The first-order valence-corrected chi connectivity index (χ1v) is 11.0. The number of carbonyl (C=O) groups excluding carboxylic acids is 3. The Hall–Kier alpha value is -2.54. The minimum Gasteiger partial charge on any atom is -0.449 e. The lowest BCUT2D eigenvalue weighted by atomic mass is 10.4. The van der Waals surface area contributed by atoms with Crippen LogP contribution < -0.4 is 11.1 Å². The number of aldehydes is 1. The van der Waals surface area contributed by atoms with E-state index in [1.807, 2.05) is 6.26 Å². The SMILES string of the molecule is CSSCCOC(=O)NCCN(CC=O)C(=O)Cn1cnc2c(N)ncnc21. The van der Waals surface area contributed by atoms with Crippen LogP contribution in [0.3, 0.4) is 0 Å². The maximum atomic E-state index is 12.5. The van der Waals surface area contributed by atoms with Gasteiger partial charge in [0.05, 0.1) is 12.9 Å². The highest BCUT2D eigenvalue weighted by molar-refractivity contribution is 8.76. The number of fused-ring (bicyclic) bond motifs is 1. The van der Waals surface area contributed by atoms with E-state index in [4.69, 9.17) is 10.5 Å². The number of imidazole rings is 1. The zero-order chi connectivity index (χ0) is 20.4. The third kappa shape index (κ3) is 6.27. The fourth-order valence-corrected chi connectivity index (χ4v) is 3.29. The second kappa shape index (κ2) is 11.3. The second-order valence-electron chi connectivity index (χ2n) is 5.36. The van der Waals surface area contributed by atoms with Crippen LogP contribution in [-0.2, 0) is 20.9 Å². The Morgan fingerprint density at radius 1 is 1.39 bits per heavy atom. The molecular formula is C15H21N7O4S2. The fraction of sp³-hybridized carbons (Fsp3) is 0.467. The summed E-state index contributed by atoms with van der Waals surface area (Å²) in [7, 11) is 3.18. The minimum absolute atomic E-state index is 0.0723. The molecule has 0 aliphatic rings. The van der Waals surface area contributed by atoms with Gasteiger partial charge in [-0.2, -0.15) is 0 Å². The van der Waals surface area contributed by atoms with E-state index in [2.05, 4.69) is 20.3 Å². The summed E-state index contributed by atoms with van der Waals surface area (Å²) in [6.07, 6.45) is 4.74. The average molecular weight is 428 g/mol. The Bertz CT molecular complexity index is 817. The van der Waals surface area contributed by atoms with E-state index in [0.717, 1.165) is 0 Å². The van der Waals surface area contributed by atoms with Crippen LogP contribution in [0.15, 0.2) is 12.7 Å². The highest BCUT2D eigenvalue weighted by Crippen LogP contribution is 2.15. The molecule has 152 valence electrons. The molecule has 2 rings (SSSR count). The van der Waals surface area contributed by atoms with Gasteiger partial charge in [0.15, 0.2) is 11.5 Å². The molecule has 0 saturated heterocycles. The quantitative estimate of drug-likeness (QED) is 0.289. The molecule has 2 aromatic heterocycles. The van der Waals surface area contributed by atoms with Crippen LogP contribution >= 0.6 is 21.6 Å². The largest absolute Gasteiger partial charge is 0.449 e. The standard InChI is InChI=1S/C15H21N7O4S2/c1-27-28-7-6-26-15(25)17-2-3-21(4-5-23)11(24)8-22-10-20-12-13(16)18-9-19-14(12)22/h5,9-10H,2-4,6-8H2,1H3,(H,17,25)(H2,16,18,19). The first kappa shape index (κ1) is 21.8. The van der Waals surface area contributed by atoms with E-state index in [-0.39, 0.29) is 37.9 Å². The number of alkyl carbamates (subject to hydrolysis) is 1. The number of nitrogen functional groups attached to an aromatic ring is 1. The number of ether oxygens (including phenoxy) is 1. The molecule has 28 heavy (non-hydrogen) atoms. The average Bonchev–Trinajstić information content (AvgIpc) is 3.09. The molecule has 0 aliphatic heterocycles. The molecule has 0 saturated carbocycles. The molecule has 0 aliphatic carbocycles. The van der Waals surface area contributed by atoms with Crippen molar-refractivity contribution in [3.8, 4) is 0 Å². The predicted molar refractivity (Wildman–Crippen MR) is 108 cm³/mol. The van der Waals surface area contributed by atoms with E-state index in [0.29, 0.717) is 29.8 Å². The fourth-order valence-electron chi connectivity index (χ4n) is 2.26. The van der Waals surface area contributed by atoms with Crippen LogP contribution in [0.25, 0.3) is 11.2 Å². The molecule has 2 heterocycles. The van der Waals surface area contributed by atoms with Gasteiger partial charge in [-0.3, -0.25) is 4.79 Å². The lowest BCUT2D eigenvalue weighted by Crippen LogP contribution is -2.41. The number of carbonyl (C=O) groups is 3. The summed E-state index contributed by atoms with van der Waals surface area (Å²) in [6, 6.07) is 0. The van der Waals surface area contributed by atoms with Gasteiger partial charge >= 0.3 is 6.09 Å². The van der Waals surface area contributed by atoms with Crippen LogP contribution in [0.2, 0.25) is 0 Å². The number of hydrogen-bond acceptors (Lipinski definition) is 10. The van der Waals surface area contributed by atoms with Crippen molar-refractivity contribution in [3.63, 3.8) is 0 Å². The maximum absolute atomic E-state index is 12.5. The Balaban J connectivity index is 1.86. The lowest BCUT2D eigenvalue weighted by Gasteiger charge is -2.20. The molecular weight excluding hydrogens is 406 g/mol. The first-order valence-electron chi connectivity index (χ1n) is 8.25. The minimum atomic E-state index is -0.562. The van der Waals surface area contributed by atoms with E-state index < -0.39 is 6.09 Å². The summed E-state index contributed by atoms with van der Waals surface area (Å²) >= 11 is 0. The van der Waals surface area contributed by atoms with Gasteiger partial charge in [-0.15, -0.1) is 0 Å². The Morgan fingerprint density at radius 3 is 2.96 bits per heavy atom. The smallest absolute Gasteiger partial charge is 0.407 e. The van der Waals surface area contributed by atoms with E-state index in [1.54, 1.807) is 21.6 Å². The third-order valence-corrected chi connectivity index (χ3v) is 5.33. The Kier molecular flexibility index (Phi) is 8.81. The molecule has 11 nitrogen and oxygen atoms in total. The van der Waals surface area contributed by atoms with Crippen molar-refractivity contribution in [2.24, 2.45) is 0 Å². The molecule has 0 unspecified atom stereocenters. The van der Waals surface area contributed by atoms with Crippen molar-refractivity contribution >= 4 is 56.9 Å². The number of hydrogen-bond donors (Lipinski definition) is 2. The van der Waals surface area contributed by atoms with Gasteiger partial charge in [-0.05, 0) is 6.26 Å². The van der Waals surface area contributed by atoms with Gasteiger partial charge in [0.1, 0.15) is 31.3 Å². The molecule has 0 spiro atoms. The number of nitrogens with one attached hydrogen (secondary N) is 1. The van der Waals surface area contributed by atoms with Gasteiger partial charge in [-0.1, -0.05) is 21.6 Å². The zero-order valence-corrected chi connectivity index (χ0v) is 16.9. The normalized spacial score (nSPS) is 10.6. The third-order valence-electron chi connectivity index (χ3n) is 3.55. The van der Waals surface area contributed by atoms with Gasteiger partial charge in [0, 0.05) is 18.8 Å². The van der Waals surface area contributed by atoms with Crippen molar-refractivity contribution in [1.29, 1.82) is 0 Å². The van der Waals surface area contributed by atoms with Crippen LogP contribution in [0.1, 0.15) is 0 Å². The molecule has 2 amide bonds. The summed E-state index contributed by atoms with van der Waals surface area (Å²) in [5, 5.41) is 2.56. The van der Waals surface area contributed by atoms with Crippen LogP contribution in [0.5, 0.6) is 0 Å². The number of aromatic nitrogens is 4. The van der Waals surface area contributed by atoms with E-state index in [1.165, 1.54) is 22.1 Å². The molecule has 13 heteroatoms. The number of rotatable bonds is 11. The second-order valence-corrected chi connectivity index (χ2v) is 8.05. The van der Waals surface area contributed by atoms with Crippen molar-refractivity contribution in [1.82, 2.24) is 29.7 Å². The number of nitrogens with two attached hydrogens (primary N) is 1. The van der Waals surface area contributed by atoms with Crippen LogP contribution in [0.4, 0.5) is 10.6 Å². The Labute approximate surface area is 169 Å². The summed E-state index contributed by atoms with van der Waals surface area (Å²) in [5.41, 5.74) is 6.56. The molecule has 0 fully saturated rings. The van der Waals surface area contributed by atoms with E-state index >= 15 is 0 Å². The van der Waals surface area contributed by atoms with Gasteiger partial charge in [0.2, 0.25) is 5.91 Å². The van der Waals surface area contributed by atoms with Crippen LogP contribution in [0, 0.1) is 0 Å². The number of anilines is 1. The van der Waals surface area contributed by atoms with Crippen molar-refractivity contribution in [3.05, 3.63) is 12.7 Å². The van der Waals surface area contributed by atoms with Gasteiger partial charge in [0.25, 0.3) is 0 Å². The van der Waals surface area contributed by atoms with Crippen molar-refractivity contribution in [2.75, 3.05) is 44.0 Å². The summed E-state index contributed by atoms with van der Waals surface area (Å²) in [5.74, 6) is 0.590. The molecule has 0 atom stereocenters. The lowest BCUT2D eigenvalue weighted by molar-refractivity contribution is -0.133. The zero-order valence-electron chi connectivity index (χ0n) is 15.2. The number of amides is 2. The van der Waals surface area contributed by atoms with E-state index in [9.17, 15) is 14.4 Å². The summed E-state index contributed by atoms with van der Waals surface area (Å²) in [6.45, 7) is 0.456. The predicted octanol–water partition coefficient (Wildman–Crippen LogP) is 0.173. The topological polar surface area (TPSA) is 145 Å². The highest BCUT2D eigenvalue weighted by Gasteiger charge is 2.16. The first-order chi connectivity index (χ1) is 13.6. The summed E-state index contributed by atoms with van der Waals surface area (Å²) in [4.78, 5) is 48.4.